The molecule has 0 radical (unpaired) electrons. The average Bonchev–Trinajstić information content (AvgIpc) is 3.12. The van der Waals surface area contributed by atoms with Crippen molar-refractivity contribution in [1.29, 1.82) is 0 Å². The van der Waals surface area contributed by atoms with Crippen LogP contribution in [0.3, 0.4) is 0 Å². The Bertz CT molecular complexity index is 605. The maximum Gasteiger partial charge on any atom is 0.226 e. The molecule has 7 nitrogen and oxygen atoms in total. The molecule has 0 N–H and O–H groups in total. The third-order valence-corrected chi connectivity index (χ3v) is 3.53. The highest BCUT2D eigenvalue weighted by Crippen LogP contribution is 2.07. The van der Waals surface area contributed by atoms with Gasteiger partial charge in [-0.3, -0.25) is 4.79 Å². The smallest absolute Gasteiger partial charge is 0.226 e. The van der Waals surface area contributed by atoms with E-state index in [1.54, 1.807) is 11.1 Å². The lowest BCUT2D eigenvalue weighted by Crippen LogP contribution is -2.31. The molecule has 0 aliphatic carbocycles. The minimum absolute atomic E-state index is 0.0810. The van der Waals surface area contributed by atoms with Crippen LogP contribution in [0.25, 0.3) is 0 Å². The van der Waals surface area contributed by atoms with E-state index < -0.39 is 0 Å². The fraction of sp³-hybridized carbons (Fsp3) is 0.600. The van der Waals surface area contributed by atoms with Crippen molar-refractivity contribution in [2.45, 2.75) is 53.1 Å². The molecule has 2 aromatic rings. The summed E-state index contributed by atoms with van der Waals surface area (Å²) < 4.78 is 7.12. The van der Waals surface area contributed by atoms with Gasteiger partial charge in [0.2, 0.25) is 11.8 Å². The van der Waals surface area contributed by atoms with Gasteiger partial charge in [-0.1, -0.05) is 12.1 Å². The highest BCUT2D eigenvalue weighted by atomic mass is 16.5. The van der Waals surface area contributed by atoms with Crippen LogP contribution < -0.4 is 0 Å². The summed E-state index contributed by atoms with van der Waals surface area (Å²) in [4.78, 5) is 22.5. The zero-order chi connectivity index (χ0) is 15.9. The molecule has 0 unspecified atom stereocenters. The van der Waals surface area contributed by atoms with Gasteiger partial charge in [0.25, 0.3) is 0 Å². The number of imidazole rings is 1. The second-order valence-electron chi connectivity index (χ2n) is 5.18. The Hall–Kier alpha value is -2.18. The number of carbonyl (C=O) groups excluding carboxylic acids is 1. The van der Waals surface area contributed by atoms with Crippen molar-refractivity contribution in [2.24, 2.45) is 0 Å². The zero-order valence-electron chi connectivity index (χ0n) is 13.4. The highest BCUT2D eigenvalue weighted by Gasteiger charge is 2.16. The Labute approximate surface area is 130 Å². The Balaban J connectivity index is 1.89. The fourth-order valence-corrected chi connectivity index (χ4v) is 2.23. The van der Waals surface area contributed by atoms with Crippen LogP contribution in [0, 0.1) is 6.92 Å². The van der Waals surface area contributed by atoms with Crippen LogP contribution in [0.4, 0.5) is 0 Å². The maximum absolute atomic E-state index is 12.3. The number of hydrogen-bond donors (Lipinski definition) is 0. The summed E-state index contributed by atoms with van der Waals surface area (Å²) >= 11 is 0. The second-order valence-corrected chi connectivity index (χ2v) is 5.18. The van der Waals surface area contributed by atoms with Gasteiger partial charge >= 0.3 is 0 Å². The van der Waals surface area contributed by atoms with Crippen molar-refractivity contribution >= 4 is 5.91 Å². The first-order valence-electron chi connectivity index (χ1n) is 7.71. The Morgan fingerprint density at radius 2 is 2.23 bits per heavy atom. The topological polar surface area (TPSA) is 77.1 Å². The van der Waals surface area contributed by atoms with Gasteiger partial charge in [-0.05, 0) is 20.3 Å². The first kappa shape index (κ1) is 16.2. The quantitative estimate of drug-likeness (QED) is 0.745. The van der Waals surface area contributed by atoms with Crippen molar-refractivity contribution in [2.75, 3.05) is 6.54 Å². The van der Waals surface area contributed by atoms with E-state index in [0.717, 1.165) is 18.7 Å². The Morgan fingerprint density at radius 1 is 1.41 bits per heavy atom. The van der Waals surface area contributed by atoms with Crippen molar-refractivity contribution in [3.05, 3.63) is 29.9 Å². The molecule has 0 aliphatic heterocycles. The van der Waals surface area contributed by atoms with Gasteiger partial charge in [-0.2, -0.15) is 4.98 Å². The number of aromatic nitrogens is 4. The summed E-state index contributed by atoms with van der Waals surface area (Å²) in [6.45, 7) is 7.59. The third-order valence-electron chi connectivity index (χ3n) is 3.53. The first-order valence-corrected chi connectivity index (χ1v) is 7.71. The van der Waals surface area contributed by atoms with Gasteiger partial charge in [0.1, 0.15) is 5.82 Å². The number of aryl methyl sites for hydroxylation is 3. The van der Waals surface area contributed by atoms with E-state index in [1.165, 1.54) is 0 Å². The summed E-state index contributed by atoms with van der Waals surface area (Å²) in [5, 5.41) is 3.93. The summed E-state index contributed by atoms with van der Waals surface area (Å²) in [7, 11) is 0. The van der Waals surface area contributed by atoms with E-state index in [1.807, 2.05) is 24.6 Å². The van der Waals surface area contributed by atoms with E-state index in [9.17, 15) is 4.79 Å². The summed E-state index contributed by atoms with van der Waals surface area (Å²) in [6, 6.07) is 0. The molecule has 0 atom stereocenters. The lowest BCUT2D eigenvalue weighted by atomic mass is 10.3. The largest absolute Gasteiger partial charge is 0.339 e. The molecule has 0 bridgehead atoms. The average molecular weight is 305 g/mol. The van der Waals surface area contributed by atoms with Gasteiger partial charge in [0.05, 0.1) is 6.54 Å². The van der Waals surface area contributed by atoms with Crippen LogP contribution in [-0.2, 0) is 24.3 Å². The van der Waals surface area contributed by atoms with Gasteiger partial charge in [0.15, 0.2) is 5.82 Å². The van der Waals surface area contributed by atoms with Crippen LogP contribution in [0.1, 0.15) is 44.2 Å². The Morgan fingerprint density at radius 3 is 2.86 bits per heavy atom. The standard InChI is InChI=1S/C15H23N5O2/c1-4-6-14-17-13(18-22-14)11-19(5-2)15(21)7-9-20-10-8-16-12(20)3/h8,10H,4-7,9,11H2,1-3H3. The van der Waals surface area contributed by atoms with Crippen LogP contribution in [-0.4, -0.2) is 37.0 Å². The molecular formula is C15H23N5O2. The zero-order valence-corrected chi connectivity index (χ0v) is 13.4. The van der Waals surface area contributed by atoms with Crippen LogP contribution in [0.15, 0.2) is 16.9 Å². The molecule has 2 aromatic heterocycles. The predicted octanol–water partition coefficient (Wildman–Crippen LogP) is 1.97. The number of rotatable bonds is 8. The molecule has 1 amide bonds. The van der Waals surface area contributed by atoms with Gasteiger partial charge in [-0.15, -0.1) is 0 Å². The second kappa shape index (κ2) is 7.72. The van der Waals surface area contributed by atoms with E-state index in [0.29, 0.717) is 37.8 Å². The summed E-state index contributed by atoms with van der Waals surface area (Å²) in [5.41, 5.74) is 0. The predicted molar refractivity (Wildman–Crippen MR) is 81.0 cm³/mol. The van der Waals surface area contributed by atoms with E-state index >= 15 is 0 Å². The number of nitrogens with zero attached hydrogens (tertiary/aromatic N) is 5. The number of carbonyl (C=O) groups is 1. The molecule has 2 rings (SSSR count). The molecule has 0 spiro atoms. The fourth-order valence-electron chi connectivity index (χ4n) is 2.23. The van der Waals surface area contributed by atoms with Crippen molar-refractivity contribution in [3.8, 4) is 0 Å². The van der Waals surface area contributed by atoms with Crippen molar-refractivity contribution in [1.82, 2.24) is 24.6 Å². The number of hydrogen-bond acceptors (Lipinski definition) is 5. The van der Waals surface area contributed by atoms with Gasteiger partial charge in [0, 0.05) is 38.3 Å². The SMILES string of the molecule is CCCc1nc(CN(CC)C(=O)CCn2ccnc2C)no1. The van der Waals surface area contributed by atoms with Gasteiger partial charge in [-0.25, -0.2) is 4.98 Å². The molecule has 120 valence electrons. The normalized spacial score (nSPS) is 10.9. The lowest BCUT2D eigenvalue weighted by molar-refractivity contribution is -0.132. The molecule has 0 fully saturated rings. The molecule has 2 heterocycles. The monoisotopic (exact) mass is 305 g/mol. The van der Waals surface area contributed by atoms with Crippen LogP contribution in [0.5, 0.6) is 0 Å². The molecule has 7 heteroatoms. The first-order chi connectivity index (χ1) is 10.6. The van der Waals surface area contributed by atoms with E-state index in [-0.39, 0.29) is 5.91 Å². The van der Waals surface area contributed by atoms with E-state index in [2.05, 4.69) is 22.0 Å². The molecule has 22 heavy (non-hydrogen) atoms. The summed E-state index contributed by atoms with van der Waals surface area (Å²) in [6.07, 6.45) is 5.79. The van der Waals surface area contributed by atoms with Gasteiger partial charge < -0.3 is 14.0 Å². The number of amides is 1. The molecule has 0 saturated heterocycles. The minimum atomic E-state index is 0.0810. The molecule has 0 aliphatic rings. The van der Waals surface area contributed by atoms with Crippen LogP contribution in [0.2, 0.25) is 0 Å². The van der Waals surface area contributed by atoms with Crippen molar-refractivity contribution < 1.29 is 9.32 Å². The lowest BCUT2D eigenvalue weighted by Gasteiger charge is -2.19. The maximum atomic E-state index is 12.3. The Kier molecular flexibility index (Phi) is 5.68. The van der Waals surface area contributed by atoms with Crippen molar-refractivity contribution in [3.63, 3.8) is 0 Å². The molecule has 0 aromatic carbocycles. The van der Waals surface area contributed by atoms with Crippen LogP contribution >= 0.6 is 0 Å². The highest BCUT2D eigenvalue weighted by molar-refractivity contribution is 5.76. The third kappa shape index (κ3) is 4.16. The summed E-state index contributed by atoms with van der Waals surface area (Å²) in [5.74, 6) is 2.20. The molecule has 0 saturated carbocycles. The molecular weight excluding hydrogens is 282 g/mol. The minimum Gasteiger partial charge on any atom is -0.339 e. The van der Waals surface area contributed by atoms with E-state index in [4.69, 9.17) is 4.52 Å².